The molecule has 0 aromatic carbocycles. The van der Waals surface area contributed by atoms with Gasteiger partial charge in [0.1, 0.15) is 0 Å². The number of fused-ring (bicyclic) bond motifs is 1. The van der Waals surface area contributed by atoms with Crippen LogP contribution in [0.4, 0.5) is 0 Å². The van der Waals surface area contributed by atoms with Crippen LogP contribution in [0.2, 0.25) is 0 Å². The minimum atomic E-state index is -0.769. The van der Waals surface area contributed by atoms with Crippen LogP contribution in [0, 0.1) is 11.8 Å². The van der Waals surface area contributed by atoms with Crippen molar-refractivity contribution in [2.45, 2.75) is 38.5 Å². The van der Waals surface area contributed by atoms with E-state index in [4.69, 9.17) is 5.11 Å². The summed E-state index contributed by atoms with van der Waals surface area (Å²) < 4.78 is 0. The molecule has 2 fully saturated rings. The fourth-order valence-corrected chi connectivity index (χ4v) is 2.37. The Morgan fingerprint density at radius 1 is 1.12 bits per heavy atom. The standard InChI is InChI=1S/C12H17NO4/c14-10(15)5-3-1-2-4-6-13-11(16)8-7-9(8)12(13)17/h8-9H,1-7H2,(H,14,15). The van der Waals surface area contributed by atoms with Crippen LogP contribution in [0.3, 0.4) is 0 Å². The zero-order valence-electron chi connectivity index (χ0n) is 9.72. The van der Waals surface area contributed by atoms with Crippen molar-refractivity contribution in [2.75, 3.05) is 6.54 Å². The SMILES string of the molecule is O=C(O)CCCCCCN1C(=O)C2CC2C1=O. The van der Waals surface area contributed by atoms with Gasteiger partial charge in [-0.25, -0.2) is 0 Å². The molecule has 0 spiro atoms. The van der Waals surface area contributed by atoms with E-state index in [2.05, 4.69) is 0 Å². The monoisotopic (exact) mass is 239 g/mol. The molecule has 2 aliphatic rings. The molecule has 1 saturated heterocycles. The fraction of sp³-hybridized carbons (Fsp3) is 0.750. The highest BCUT2D eigenvalue weighted by Crippen LogP contribution is 2.46. The van der Waals surface area contributed by atoms with Gasteiger partial charge in [-0.2, -0.15) is 0 Å². The molecule has 2 atom stereocenters. The quantitative estimate of drug-likeness (QED) is 0.532. The average Bonchev–Trinajstić information content (AvgIpc) is 3.01. The summed E-state index contributed by atoms with van der Waals surface area (Å²) in [4.78, 5) is 34.8. The molecule has 0 bridgehead atoms. The van der Waals surface area contributed by atoms with Crippen molar-refractivity contribution < 1.29 is 19.5 Å². The van der Waals surface area contributed by atoms with Crippen LogP contribution in [-0.2, 0) is 14.4 Å². The molecule has 94 valence electrons. The molecule has 0 aromatic heterocycles. The predicted molar refractivity (Wildman–Crippen MR) is 59.0 cm³/mol. The number of unbranched alkanes of at least 4 members (excludes halogenated alkanes) is 3. The molecule has 5 nitrogen and oxygen atoms in total. The van der Waals surface area contributed by atoms with Crippen LogP contribution in [0.5, 0.6) is 0 Å². The summed E-state index contributed by atoms with van der Waals surface area (Å²) >= 11 is 0. The van der Waals surface area contributed by atoms with Crippen LogP contribution in [0.25, 0.3) is 0 Å². The maximum absolute atomic E-state index is 11.6. The number of carboxylic acids is 1. The summed E-state index contributed by atoms with van der Waals surface area (Å²) in [6, 6.07) is 0. The molecule has 5 heteroatoms. The third-order valence-corrected chi connectivity index (χ3v) is 3.48. The first-order valence-corrected chi connectivity index (χ1v) is 6.18. The number of hydrogen-bond acceptors (Lipinski definition) is 3. The maximum Gasteiger partial charge on any atom is 0.303 e. The molecule has 1 heterocycles. The van der Waals surface area contributed by atoms with Gasteiger partial charge >= 0.3 is 5.97 Å². The summed E-state index contributed by atoms with van der Waals surface area (Å²) in [5, 5.41) is 8.45. The third kappa shape index (κ3) is 2.65. The molecule has 1 aliphatic heterocycles. The highest BCUT2D eigenvalue weighted by Gasteiger charge is 2.58. The Hall–Kier alpha value is -1.39. The molecule has 1 aliphatic carbocycles. The molecule has 0 radical (unpaired) electrons. The van der Waals surface area contributed by atoms with Crippen LogP contribution in [-0.4, -0.2) is 34.3 Å². The Labute approximate surface area is 99.8 Å². The molecule has 2 rings (SSSR count). The number of carboxylic acid groups (broad SMARTS) is 1. The van der Waals surface area contributed by atoms with E-state index in [-0.39, 0.29) is 30.1 Å². The zero-order valence-corrected chi connectivity index (χ0v) is 9.72. The summed E-state index contributed by atoms with van der Waals surface area (Å²) in [6.45, 7) is 0.512. The number of amides is 2. The van der Waals surface area contributed by atoms with Crippen molar-refractivity contribution in [1.82, 2.24) is 4.90 Å². The molecule has 1 N–H and O–H groups in total. The Bertz CT molecular complexity index is 332. The number of carbonyl (C=O) groups is 3. The van der Waals surface area contributed by atoms with Crippen molar-refractivity contribution in [3.05, 3.63) is 0 Å². The minimum Gasteiger partial charge on any atom is -0.481 e. The lowest BCUT2D eigenvalue weighted by Crippen LogP contribution is -2.33. The van der Waals surface area contributed by atoms with Gasteiger partial charge in [0.05, 0.1) is 11.8 Å². The molecule has 2 amide bonds. The molecule has 0 aromatic rings. The second-order valence-corrected chi connectivity index (χ2v) is 4.83. The normalized spacial score (nSPS) is 26.2. The van der Waals surface area contributed by atoms with E-state index in [9.17, 15) is 14.4 Å². The van der Waals surface area contributed by atoms with Crippen LogP contribution < -0.4 is 0 Å². The van der Waals surface area contributed by atoms with Crippen molar-refractivity contribution >= 4 is 17.8 Å². The number of rotatable bonds is 7. The minimum absolute atomic E-state index is 0.00508. The van der Waals surface area contributed by atoms with Gasteiger partial charge in [-0.05, 0) is 19.3 Å². The first-order chi connectivity index (χ1) is 8.11. The van der Waals surface area contributed by atoms with E-state index in [0.29, 0.717) is 13.0 Å². The topological polar surface area (TPSA) is 74.7 Å². The smallest absolute Gasteiger partial charge is 0.303 e. The van der Waals surface area contributed by atoms with E-state index in [0.717, 1.165) is 25.7 Å². The second kappa shape index (κ2) is 4.85. The molecular formula is C12H17NO4. The Morgan fingerprint density at radius 3 is 2.29 bits per heavy atom. The van der Waals surface area contributed by atoms with E-state index >= 15 is 0 Å². The lowest BCUT2D eigenvalue weighted by molar-refractivity contribution is -0.141. The number of imide groups is 1. The number of nitrogens with zero attached hydrogens (tertiary/aromatic N) is 1. The third-order valence-electron chi connectivity index (χ3n) is 3.48. The second-order valence-electron chi connectivity index (χ2n) is 4.83. The fourth-order valence-electron chi connectivity index (χ4n) is 2.37. The van der Waals surface area contributed by atoms with E-state index in [1.54, 1.807) is 0 Å². The van der Waals surface area contributed by atoms with Crippen molar-refractivity contribution in [2.24, 2.45) is 11.8 Å². The van der Waals surface area contributed by atoms with Crippen molar-refractivity contribution in [1.29, 1.82) is 0 Å². The molecule has 2 unspecified atom stereocenters. The lowest BCUT2D eigenvalue weighted by atomic mass is 10.1. The highest BCUT2D eigenvalue weighted by molar-refractivity contribution is 6.08. The molecule has 1 saturated carbocycles. The van der Waals surface area contributed by atoms with Gasteiger partial charge in [-0.1, -0.05) is 12.8 Å². The van der Waals surface area contributed by atoms with Gasteiger partial charge in [0, 0.05) is 13.0 Å². The number of hydrogen-bond donors (Lipinski definition) is 1. The van der Waals surface area contributed by atoms with Crippen LogP contribution in [0.1, 0.15) is 38.5 Å². The van der Waals surface area contributed by atoms with Crippen LogP contribution in [0.15, 0.2) is 0 Å². The number of piperidine rings is 1. The van der Waals surface area contributed by atoms with Gasteiger partial charge < -0.3 is 5.11 Å². The average molecular weight is 239 g/mol. The summed E-state index contributed by atoms with van der Waals surface area (Å²) in [5.41, 5.74) is 0. The van der Waals surface area contributed by atoms with Gasteiger partial charge in [0.2, 0.25) is 11.8 Å². The summed E-state index contributed by atoms with van der Waals surface area (Å²) in [7, 11) is 0. The summed E-state index contributed by atoms with van der Waals surface area (Å²) in [6.07, 6.45) is 4.13. The number of aliphatic carboxylic acids is 1. The van der Waals surface area contributed by atoms with Gasteiger partial charge in [-0.15, -0.1) is 0 Å². The van der Waals surface area contributed by atoms with E-state index in [1.165, 1.54) is 4.90 Å². The Kier molecular flexibility index (Phi) is 3.45. The van der Waals surface area contributed by atoms with E-state index < -0.39 is 5.97 Å². The molecular weight excluding hydrogens is 222 g/mol. The Morgan fingerprint density at radius 2 is 1.71 bits per heavy atom. The Balaban J connectivity index is 1.58. The van der Waals surface area contributed by atoms with Crippen molar-refractivity contribution in [3.8, 4) is 0 Å². The van der Waals surface area contributed by atoms with Gasteiger partial charge in [0.25, 0.3) is 0 Å². The maximum atomic E-state index is 11.6. The van der Waals surface area contributed by atoms with Gasteiger partial charge in [-0.3, -0.25) is 19.3 Å². The van der Waals surface area contributed by atoms with Crippen LogP contribution >= 0.6 is 0 Å². The van der Waals surface area contributed by atoms with Gasteiger partial charge in [0.15, 0.2) is 0 Å². The summed E-state index contributed by atoms with van der Waals surface area (Å²) in [5.74, 6) is -0.768. The predicted octanol–water partition coefficient (Wildman–Crippen LogP) is 1.03. The highest BCUT2D eigenvalue weighted by atomic mass is 16.4. The first-order valence-electron chi connectivity index (χ1n) is 6.18. The number of carbonyl (C=O) groups excluding carboxylic acids is 2. The number of likely N-dealkylation sites (tertiary alicyclic amines) is 1. The largest absolute Gasteiger partial charge is 0.481 e. The van der Waals surface area contributed by atoms with E-state index in [1.807, 2.05) is 0 Å². The molecule has 17 heavy (non-hydrogen) atoms. The lowest BCUT2D eigenvalue weighted by Gasteiger charge is -2.15. The van der Waals surface area contributed by atoms with Crippen molar-refractivity contribution in [3.63, 3.8) is 0 Å². The zero-order chi connectivity index (χ0) is 12.4. The first kappa shape index (κ1) is 12.1.